The molecular formula is C26H31F4NO3. The van der Waals surface area contributed by atoms with Crippen molar-refractivity contribution in [3.05, 3.63) is 58.7 Å². The standard InChI is InChI=1S/C26H31F4NO3/c1-5-25(27,10-11-31(2)16-17-8-6-7-9-21(17)26(28,29)30)15-19-12-18-13-22(33-3)23(34-4)14-20(18)24(19)32/h6-9,13-14,19H,5,10-12,15-16H2,1-4H3. The first-order valence-electron chi connectivity index (χ1n) is 11.3. The summed E-state index contributed by atoms with van der Waals surface area (Å²) in [7, 11) is 4.69. The van der Waals surface area contributed by atoms with E-state index in [4.69, 9.17) is 9.47 Å². The Labute approximate surface area is 197 Å². The maximum absolute atomic E-state index is 15.8. The molecule has 3 rings (SSSR count). The Morgan fingerprint density at radius 3 is 2.32 bits per heavy atom. The fourth-order valence-electron chi connectivity index (χ4n) is 4.62. The molecule has 0 N–H and O–H groups in total. The Bertz CT molecular complexity index is 1020. The van der Waals surface area contributed by atoms with Crippen molar-refractivity contribution in [3.63, 3.8) is 0 Å². The molecule has 0 aliphatic heterocycles. The molecule has 186 valence electrons. The minimum absolute atomic E-state index is 0.0584. The zero-order valence-electron chi connectivity index (χ0n) is 20.0. The second kappa shape index (κ2) is 10.3. The highest BCUT2D eigenvalue weighted by Gasteiger charge is 2.39. The average molecular weight is 482 g/mol. The number of carbonyl (C=O) groups excluding carboxylic acids is 1. The molecule has 8 heteroatoms. The van der Waals surface area contributed by atoms with Gasteiger partial charge in [-0.1, -0.05) is 25.1 Å². The van der Waals surface area contributed by atoms with Crippen molar-refractivity contribution in [2.75, 3.05) is 27.8 Å². The number of hydrogen-bond donors (Lipinski definition) is 0. The Hall–Kier alpha value is -2.61. The van der Waals surface area contributed by atoms with Gasteiger partial charge in [0.05, 0.1) is 19.8 Å². The van der Waals surface area contributed by atoms with Crippen LogP contribution in [0, 0.1) is 5.92 Å². The number of fused-ring (bicyclic) bond motifs is 1. The maximum atomic E-state index is 15.8. The van der Waals surface area contributed by atoms with Crippen LogP contribution in [0.5, 0.6) is 11.5 Å². The Morgan fingerprint density at radius 2 is 1.71 bits per heavy atom. The number of ketones is 1. The van der Waals surface area contributed by atoms with E-state index in [0.717, 1.165) is 11.6 Å². The van der Waals surface area contributed by atoms with Crippen LogP contribution < -0.4 is 9.47 Å². The van der Waals surface area contributed by atoms with E-state index in [9.17, 15) is 18.0 Å². The number of rotatable bonds is 10. The van der Waals surface area contributed by atoms with Gasteiger partial charge in [0.15, 0.2) is 17.3 Å². The van der Waals surface area contributed by atoms with Crippen LogP contribution in [0.1, 0.15) is 53.2 Å². The molecular weight excluding hydrogens is 450 g/mol. The van der Waals surface area contributed by atoms with E-state index in [1.807, 2.05) is 0 Å². The summed E-state index contributed by atoms with van der Waals surface area (Å²) in [6.45, 7) is 2.06. The maximum Gasteiger partial charge on any atom is 0.416 e. The molecule has 0 saturated heterocycles. The average Bonchev–Trinajstić information content (AvgIpc) is 3.10. The molecule has 4 nitrogen and oxygen atoms in total. The number of ether oxygens (including phenoxy) is 2. The first-order chi connectivity index (χ1) is 16.0. The van der Waals surface area contributed by atoms with E-state index in [2.05, 4.69) is 0 Å². The SMILES string of the molecule is CCC(F)(CCN(C)Cc1ccccc1C(F)(F)F)CC1Cc2cc(OC)c(OC)cc2C1=O. The zero-order valence-corrected chi connectivity index (χ0v) is 20.0. The fraction of sp³-hybridized carbons (Fsp3) is 0.500. The number of benzene rings is 2. The normalized spacial score (nSPS) is 17.6. The molecule has 0 fully saturated rings. The van der Waals surface area contributed by atoms with Gasteiger partial charge in [0.25, 0.3) is 0 Å². The summed E-state index contributed by atoms with van der Waals surface area (Å²) in [6, 6.07) is 8.84. The summed E-state index contributed by atoms with van der Waals surface area (Å²) in [5.74, 6) is 0.377. The van der Waals surface area contributed by atoms with Gasteiger partial charge >= 0.3 is 6.18 Å². The lowest BCUT2D eigenvalue weighted by molar-refractivity contribution is -0.138. The molecule has 0 radical (unpaired) electrons. The predicted molar refractivity (Wildman–Crippen MR) is 122 cm³/mol. The molecule has 0 saturated carbocycles. The van der Waals surface area contributed by atoms with Gasteiger partial charge in [-0.3, -0.25) is 4.79 Å². The number of carbonyl (C=O) groups is 1. The molecule has 0 bridgehead atoms. The molecule has 0 spiro atoms. The third-order valence-corrected chi connectivity index (χ3v) is 6.66. The number of methoxy groups -OCH3 is 2. The second-order valence-electron chi connectivity index (χ2n) is 8.98. The van der Waals surface area contributed by atoms with E-state index in [0.29, 0.717) is 23.5 Å². The van der Waals surface area contributed by atoms with Crippen LogP contribution in [-0.4, -0.2) is 44.2 Å². The quantitative estimate of drug-likeness (QED) is 0.384. The molecule has 2 unspecified atom stereocenters. The smallest absolute Gasteiger partial charge is 0.416 e. The van der Waals surface area contributed by atoms with Crippen molar-refractivity contribution >= 4 is 5.78 Å². The van der Waals surface area contributed by atoms with Gasteiger partial charge in [0.2, 0.25) is 0 Å². The van der Waals surface area contributed by atoms with Crippen LogP contribution in [0.25, 0.3) is 0 Å². The van der Waals surface area contributed by atoms with Crippen molar-refractivity contribution in [1.29, 1.82) is 0 Å². The molecule has 0 heterocycles. The van der Waals surface area contributed by atoms with Gasteiger partial charge in [0.1, 0.15) is 5.67 Å². The van der Waals surface area contributed by atoms with Crippen molar-refractivity contribution in [3.8, 4) is 11.5 Å². The molecule has 2 aromatic carbocycles. The third kappa shape index (κ3) is 5.71. The van der Waals surface area contributed by atoms with Crippen LogP contribution in [0.4, 0.5) is 17.6 Å². The number of alkyl halides is 4. The van der Waals surface area contributed by atoms with Gasteiger partial charge in [-0.05, 0) is 62.1 Å². The molecule has 0 aromatic heterocycles. The largest absolute Gasteiger partial charge is 0.493 e. The minimum Gasteiger partial charge on any atom is -0.493 e. The summed E-state index contributed by atoms with van der Waals surface area (Å²) >= 11 is 0. The monoisotopic (exact) mass is 481 g/mol. The van der Waals surface area contributed by atoms with E-state index in [1.54, 1.807) is 37.1 Å². The van der Waals surface area contributed by atoms with Gasteiger partial charge in [-0.25, -0.2) is 4.39 Å². The van der Waals surface area contributed by atoms with Crippen molar-refractivity contribution in [1.82, 2.24) is 4.90 Å². The summed E-state index contributed by atoms with van der Waals surface area (Å²) in [5, 5.41) is 0. The summed E-state index contributed by atoms with van der Waals surface area (Å²) in [5.41, 5.74) is -0.783. The highest BCUT2D eigenvalue weighted by molar-refractivity contribution is 6.03. The zero-order chi connectivity index (χ0) is 25.1. The van der Waals surface area contributed by atoms with Crippen LogP contribution in [0.2, 0.25) is 0 Å². The van der Waals surface area contributed by atoms with Crippen molar-refractivity contribution < 1.29 is 31.8 Å². The van der Waals surface area contributed by atoms with E-state index in [-0.39, 0.29) is 43.7 Å². The number of hydrogen-bond acceptors (Lipinski definition) is 4. The molecule has 2 atom stereocenters. The van der Waals surface area contributed by atoms with Crippen molar-refractivity contribution in [2.45, 2.75) is 51.0 Å². The Balaban J connectivity index is 1.65. The fourth-order valence-corrected chi connectivity index (χ4v) is 4.62. The lowest BCUT2D eigenvalue weighted by atomic mass is 9.85. The first-order valence-corrected chi connectivity index (χ1v) is 11.3. The van der Waals surface area contributed by atoms with E-state index < -0.39 is 23.3 Å². The summed E-state index contributed by atoms with van der Waals surface area (Å²) in [4.78, 5) is 14.7. The van der Waals surface area contributed by atoms with Crippen LogP contribution in [0.3, 0.4) is 0 Å². The molecule has 0 amide bonds. The first kappa shape index (κ1) is 26.0. The predicted octanol–water partition coefficient (Wildman–Crippen LogP) is 6.11. The van der Waals surface area contributed by atoms with Crippen LogP contribution in [-0.2, 0) is 19.1 Å². The van der Waals surface area contributed by atoms with Crippen molar-refractivity contribution in [2.24, 2.45) is 5.92 Å². The summed E-state index contributed by atoms with van der Waals surface area (Å²) in [6.07, 6.45) is -3.61. The van der Waals surface area contributed by atoms with E-state index >= 15 is 4.39 Å². The highest BCUT2D eigenvalue weighted by Crippen LogP contribution is 2.41. The molecule has 34 heavy (non-hydrogen) atoms. The minimum atomic E-state index is -4.44. The van der Waals surface area contributed by atoms with Gasteiger partial charge < -0.3 is 14.4 Å². The van der Waals surface area contributed by atoms with Gasteiger partial charge in [-0.2, -0.15) is 13.2 Å². The Morgan fingerprint density at radius 1 is 1.06 bits per heavy atom. The number of halogens is 4. The third-order valence-electron chi connectivity index (χ3n) is 6.66. The van der Waals surface area contributed by atoms with Gasteiger partial charge in [-0.15, -0.1) is 0 Å². The molecule has 2 aromatic rings. The van der Waals surface area contributed by atoms with Crippen LogP contribution >= 0.6 is 0 Å². The molecule has 1 aliphatic carbocycles. The number of Topliss-reactive ketones (excluding diaryl/α,β-unsaturated/α-hetero) is 1. The van der Waals surface area contributed by atoms with Crippen LogP contribution in [0.15, 0.2) is 36.4 Å². The lowest BCUT2D eigenvalue weighted by Gasteiger charge is -2.29. The summed E-state index contributed by atoms with van der Waals surface area (Å²) < 4.78 is 66.2. The van der Waals surface area contributed by atoms with E-state index in [1.165, 1.54) is 26.4 Å². The highest BCUT2D eigenvalue weighted by atomic mass is 19.4. The topological polar surface area (TPSA) is 38.8 Å². The lowest BCUT2D eigenvalue weighted by Crippen LogP contribution is -2.33. The second-order valence-corrected chi connectivity index (χ2v) is 8.98. The Kier molecular flexibility index (Phi) is 7.91. The number of nitrogens with zero attached hydrogens (tertiary/aromatic N) is 1. The van der Waals surface area contributed by atoms with Gasteiger partial charge in [0, 0.05) is 24.6 Å². The molecule has 1 aliphatic rings.